The fourth-order valence-corrected chi connectivity index (χ4v) is 2.96. The molecule has 3 N–H and O–H groups in total. The molecule has 1 heterocycles. The minimum Gasteiger partial charge on any atom is -0.386 e. The predicted octanol–water partition coefficient (Wildman–Crippen LogP) is 2.01. The Morgan fingerprint density at radius 1 is 1.45 bits per heavy atom. The van der Waals surface area contributed by atoms with Gasteiger partial charge in [-0.15, -0.1) is 24.0 Å². The second-order valence-corrected chi connectivity index (χ2v) is 5.95. The van der Waals surface area contributed by atoms with Gasteiger partial charge in [-0.05, 0) is 12.5 Å². The topological polar surface area (TPSA) is 61.9 Å². The molecular formula is C14H22IN3OS. The van der Waals surface area contributed by atoms with Crippen molar-refractivity contribution in [3.05, 3.63) is 35.4 Å². The first-order chi connectivity index (χ1) is 9.16. The highest BCUT2D eigenvalue weighted by Gasteiger charge is 2.13. The lowest BCUT2D eigenvalue weighted by Gasteiger charge is -2.27. The zero-order chi connectivity index (χ0) is 13.7. The smallest absolute Gasteiger partial charge is 0.191 e. The summed E-state index contributed by atoms with van der Waals surface area (Å²) in [5.41, 5.74) is 7.99. The van der Waals surface area contributed by atoms with Crippen molar-refractivity contribution >= 4 is 41.7 Å². The molecule has 0 aromatic heterocycles. The van der Waals surface area contributed by atoms with Gasteiger partial charge in [0.1, 0.15) is 0 Å². The highest BCUT2D eigenvalue weighted by molar-refractivity contribution is 14.0. The van der Waals surface area contributed by atoms with Crippen LogP contribution in [-0.2, 0) is 0 Å². The number of aliphatic imine (C=N–C) groups is 1. The Balaban J connectivity index is 0.00000200. The quantitative estimate of drug-likeness (QED) is 0.457. The number of benzene rings is 1. The fourth-order valence-electron chi connectivity index (χ4n) is 2.06. The van der Waals surface area contributed by atoms with Crippen LogP contribution in [0.2, 0.25) is 0 Å². The lowest BCUT2D eigenvalue weighted by atomic mass is 10.1. The van der Waals surface area contributed by atoms with Crippen LogP contribution in [-0.4, -0.2) is 47.1 Å². The Labute approximate surface area is 141 Å². The van der Waals surface area contributed by atoms with Gasteiger partial charge in [0.25, 0.3) is 0 Å². The van der Waals surface area contributed by atoms with E-state index < -0.39 is 6.10 Å². The van der Waals surface area contributed by atoms with Crippen LogP contribution in [0.5, 0.6) is 0 Å². The van der Waals surface area contributed by atoms with Crippen molar-refractivity contribution in [2.24, 2.45) is 10.7 Å². The van der Waals surface area contributed by atoms with E-state index >= 15 is 0 Å². The zero-order valence-corrected chi connectivity index (χ0v) is 14.8. The van der Waals surface area contributed by atoms with E-state index in [9.17, 15) is 5.11 Å². The second-order valence-electron chi connectivity index (χ2n) is 4.73. The number of halogens is 1. The van der Waals surface area contributed by atoms with Crippen LogP contribution in [0.25, 0.3) is 0 Å². The molecule has 1 aliphatic heterocycles. The summed E-state index contributed by atoms with van der Waals surface area (Å²) >= 11 is 1.94. The summed E-state index contributed by atoms with van der Waals surface area (Å²) in [6, 6.07) is 7.86. The van der Waals surface area contributed by atoms with Crippen molar-refractivity contribution < 1.29 is 5.11 Å². The van der Waals surface area contributed by atoms with Crippen LogP contribution in [0.15, 0.2) is 29.3 Å². The number of aryl methyl sites for hydroxylation is 1. The van der Waals surface area contributed by atoms with E-state index in [0.717, 1.165) is 35.7 Å². The van der Waals surface area contributed by atoms with Crippen LogP contribution in [0.1, 0.15) is 17.2 Å². The Morgan fingerprint density at radius 2 is 2.15 bits per heavy atom. The van der Waals surface area contributed by atoms with E-state index in [4.69, 9.17) is 5.73 Å². The molecular weight excluding hydrogens is 385 g/mol. The van der Waals surface area contributed by atoms with Crippen molar-refractivity contribution in [1.29, 1.82) is 0 Å². The molecule has 1 fully saturated rings. The van der Waals surface area contributed by atoms with Gasteiger partial charge in [-0.2, -0.15) is 11.8 Å². The molecule has 112 valence electrons. The van der Waals surface area contributed by atoms with E-state index in [1.165, 1.54) is 0 Å². The normalized spacial score (nSPS) is 17.5. The van der Waals surface area contributed by atoms with Crippen LogP contribution in [0, 0.1) is 6.92 Å². The maximum atomic E-state index is 10.1. The Morgan fingerprint density at radius 3 is 2.80 bits per heavy atom. The van der Waals surface area contributed by atoms with Gasteiger partial charge in [-0.3, -0.25) is 4.99 Å². The molecule has 2 rings (SSSR count). The van der Waals surface area contributed by atoms with Crippen molar-refractivity contribution in [1.82, 2.24) is 4.90 Å². The van der Waals surface area contributed by atoms with Gasteiger partial charge in [0.05, 0.1) is 12.6 Å². The molecule has 0 spiro atoms. The standard InChI is InChI=1S/C14H21N3OS.HI/c1-11-3-2-4-12(9-11)13(18)10-16-14(15)17-5-7-19-8-6-17;/h2-4,9,13,18H,5-8,10H2,1H3,(H2,15,16);1H. The number of guanidine groups is 1. The molecule has 0 amide bonds. The molecule has 0 radical (unpaired) electrons. The van der Waals surface area contributed by atoms with Crippen molar-refractivity contribution in [3.63, 3.8) is 0 Å². The number of aliphatic hydroxyl groups is 1. The van der Waals surface area contributed by atoms with E-state index in [1.54, 1.807) is 0 Å². The van der Waals surface area contributed by atoms with E-state index in [-0.39, 0.29) is 24.0 Å². The highest BCUT2D eigenvalue weighted by atomic mass is 127. The molecule has 4 nitrogen and oxygen atoms in total. The summed E-state index contributed by atoms with van der Waals surface area (Å²) in [4.78, 5) is 6.40. The van der Waals surface area contributed by atoms with Gasteiger partial charge < -0.3 is 15.7 Å². The van der Waals surface area contributed by atoms with Crippen molar-refractivity contribution in [3.8, 4) is 0 Å². The number of rotatable bonds is 3. The summed E-state index contributed by atoms with van der Waals surface area (Å²) < 4.78 is 0. The van der Waals surface area contributed by atoms with Crippen LogP contribution in [0.4, 0.5) is 0 Å². The van der Waals surface area contributed by atoms with Gasteiger partial charge in [0.2, 0.25) is 0 Å². The van der Waals surface area contributed by atoms with Gasteiger partial charge >= 0.3 is 0 Å². The molecule has 20 heavy (non-hydrogen) atoms. The van der Waals surface area contributed by atoms with Crippen molar-refractivity contribution in [2.75, 3.05) is 31.1 Å². The molecule has 1 aliphatic rings. The van der Waals surface area contributed by atoms with Crippen LogP contribution in [0.3, 0.4) is 0 Å². The minimum absolute atomic E-state index is 0. The summed E-state index contributed by atoms with van der Waals surface area (Å²) in [5, 5.41) is 10.1. The fraction of sp³-hybridized carbons (Fsp3) is 0.500. The predicted molar refractivity (Wildman–Crippen MR) is 96.9 cm³/mol. The highest BCUT2D eigenvalue weighted by Crippen LogP contribution is 2.15. The third-order valence-corrected chi connectivity index (χ3v) is 4.13. The number of thioether (sulfide) groups is 1. The average Bonchev–Trinajstić information content (AvgIpc) is 2.45. The third-order valence-electron chi connectivity index (χ3n) is 3.19. The number of hydrogen-bond acceptors (Lipinski definition) is 3. The number of nitrogens with zero attached hydrogens (tertiary/aromatic N) is 2. The number of hydrogen-bond donors (Lipinski definition) is 2. The molecule has 1 aromatic rings. The minimum atomic E-state index is -0.586. The van der Waals surface area contributed by atoms with Crippen LogP contribution >= 0.6 is 35.7 Å². The first-order valence-electron chi connectivity index (χ1n) is 6.54. The summed E-state index contributed by atoms with van der Waals surface area (Å²) in [7, 11) is 0. The Hall–Kier alpha value is -0.470. The molecule has 0 saturated carbocycles. The number of aliphatic hydroxyl groups excluding tert-OH is 1. The summed E-state index contributed by atoms with van der Waals surface area (Å²) in [6.07, 6.45) is -0.586. The third kappa shape index (κ3) is 5.14. The first-order valence-corrected chi connectivity index (χ1v) is 7.69. The molecule has 0 bridgehead atoms. The monoisotopic (exact) mass is 407 g/mol. The zero-order valence-electron chi connectivity index (χ0n) is 11.7. The molecule has 6 heteroatoms. The summed E-state index contributed by atoms with van der Waals surface area (Å²) in [5.74, 6) is 2.74. The summed E-state index contributed by atoms with van der Waals surface area (Å²) in [6.45, 7) is 4.22. The molecule has 1 atom stereocenters. The number of nitrogens with two attached hydrogens (primary N) is 1. The maximum absolute atomic E-state index is 10.1. The van der Waals surface area contributed by atoms with E-state index in [2.05, 4.69) is 9.89 Å². The molecule has 1 unspecified atom stereocenters. The van der Waals surface area contributed by atoms with E-state index in [0.29, 0.717) is 12.5 Å². The van der Waals surface area contributed by atoms with Crippen LogP contribution < -0.4 is 5.73 Å². The molecule has 1 aromatic carbocycles. The molecule has 1 saturated heterocycles. The maximum Gasteiger partial charge on any atom is 0.191 e. The Kier molecular flexibility index (Phi) is 7.68. The van der Waals surface area contributed by atoms with Gasteiger partial charge in [-0.1, -0.05) is 29.8 Å². The van der Waals surface area contributed by atoms with Crippen molar-refractivity contribution in [2.45, 2.75) is 13.0 Å². The van der Waals surface area contributed by atoms with Gasteiger partial charge in [0.15, 0.2) is 5.96 Å². The lowest BCUT2D eigenvalue weighted by molar-refractivity contribution is 0.186. The Bertz CT molecular complexity index is 450. The molecule has 0 aliphatic carbocycles. The van der Waals surface area contributed by atoms with Gasteiger partial charge in [0, 0.05) is 24.6 Å². The van der Waals surface area contributed by atoms with Gasteiger partial charge in [-0.25, -0.2) is 0 Å². The average molecular weight is 407 g/mol. The SMILES string of the molecule is Cc1cccc(C(O)CN=C(N)N2CCSCC2)c1.I. The first kappa shape index (κ1) is 17.6. The van der Waals surface area contributed by atoms with E-state index in [1.807, 2.05) is 43.0 Å². The lowest BCUT2D eigenvalue weighted by Crippen LogP contribution is -2.42. The second kappa shape index (κ2) is 8.74. The largest absolute Gasteiger partial charge is 0.386 e.